The molecule has 0 aliphatic carbocycles. The molecule has 2 amide bonds. The third-order valence-electron chi connectivity index (χ3n) is 5.89. The van der Waals surface area contributed by atoms with E-state index in [1.54, 1.807) is 0 Å². The molecule has 9 heteroatoms. The minimum Gasteiger partial charge on any atom is -0.480 e. The number of amides is 2. The molecule has 0 unspecified atom stereocenters. The van der Waals surface area contributed by atoms with Gasteiger partial charge in [0.15, 0.2) is 0 Å². The third kappa shape index (κ3) is 5.05. The summed E-state index contributed by atoms with van der Waals surface area (Å²) in [7, 11) is 1.94. The molecule has 0 saturated carbocycles. The summed E-state index contributed by atoms with van der Waals surface area (Å²) < 4.78 is 1.99. The van der Waals surface area contributed by atoms with Crippen LogP contribution < -0.4 is 16.8 Å². The molecule has 1 aromatic heterocycles. The van der Waals surface area contributed by atoms with Crippen LogP contribution in [0.2, 0.25) is 0 Å². The third-order valence-corrected chi connectivity index (χ3v) is 5.89. The van der Waals surface area contributed by atoms with Gasteiger partial charge in [-0.25, -0.2) is 4.79 Å². The average Bonchev–Trinajstić information content (AvgIpc) is 3.36. The number of hydrogen-bond acceptors (Lipinski definition) is 5. The minimum absolute atomic E-state index is 0.326. The van der Waals surface area contributed by atoms with Crippen molar-refractivity contribution in [1.82, 2.24) is 14.8 Å². The van der Waals surface area contributed by atoms with Gasteiger partial charge in [0, 0.05) is 30.7 Å². The largest absolute Gasteiger partial charge is 0.480 e. The molecule has 0 spiro atoms. The Bertz CT molecular complexity index is 957. The molecule has 0 bridgehead atoms. The molecule has 3 rings (SSSR count). The second-order valence-corrected chi connectivity index (χ2v) is 8.11. The van der Waals surface area contributed by atoms with Crippen LogP contribution in [-0.4, -0.2) is 63.6 Å². The van der Waals surface area contributed by atoms with E-state index < -0.39 is 30.0 Å². The number of aryl methyl sites for hydroxylation is 1. The van der Waals surface area contributed by atoms with E-state index in [4.69, 9.17) is 11.5 Å². The molecular weight excluding hydrogens is 398 g/mol. The zero-order chi connectivity index (χ0) is 22.5. The van der Waals surface area contributed by atoms with Crippen molar-refractivity contribution in [3.8, 4) is 0 Å². The van der Waals surface area contributed by atoms with Crippen molar-refractivity contribution >= 4 is 28.7 Å². The van der Waals surface area contributed by atoms with Crippen LogP contribution in [0.3, 0.4) is 0 Å². The number of nitrogens with one attached hydrogen (secondary N) is 1. The van der Waals surface area contributed by atoms with Gasteiger partial charge in [-0.05, 0) is 50.3 Å². The van der Waals surface area contributed by atoms with Crippen LogP contribution in [0.4, 0.5) is 0 Å². The standard InChI is InChI=1S/C22H31N5O4/c1-26-13-14(15-6-2-3-8-18(15)26)12-16(24)20(28)25-17(7-4-10-23)21(29)27-11-5-9-19(27)22(30)31/h2-3,6,8,13,16-17,19H,4-5,7,9-12,23-24H2,1H3,(H,25,28)(H,30,31)/t16-,17-,19-/m0/s1. The van der Waals surface area contributed by atoms with Crippen LogP contribution in [0.1, 0.15) is 31.2 Å². The van der Waals surface area contributed by atoms with Gasteiger partial charge < -0.3 is 31.4 Å². The van der Waals surface area contributed by atoms with Crippen LogP contribution >= 0.6 is 0 Å². The van der Waals surface area contributed by atoms with Gasteiger partial charge in [0.1, 0.15) is 12.1 Å². The highest BCUT2D eigenvalue weighted by atomic mass is 16.4. The number of nitrogens with zero attached hydrogens (tertiary/aromatic N) is 2. The van der Waals surface area contributed by atoms with E-state index in [-0.39, 0.29) is 5.91 Å². The normalized spacial score (nSPS) is 18.2. The Balaban J connectivity index is 1.70. The maximum Gasteiger partial charge on any atom is 0.326 e. The maximum absolute atomic E-state index is 13.0. The number of carbonyl (C=O) groups excluding carboxylic acids is 2. The van der Waals surface area contributed by atoms with Gasteiger partial charge in [0.05, 0.1) is 6.04 Å². The molecule has 2 aromatic rings. The molecule has 6 N–H and O–H groups in total. The van der Waals surface area contributed by atoms with E-state index in [1.807, 2.05) is 42.1 Å². The molecule has 1 aliphatic heterocycles. The number of para-hydroxylation sites is 1. The Morgan fingerprint density at radius 3 is 2.74 bits per heavy atom. The number of rotatable bonds is 9. The second kappa shape index (κ2) is 9.93. The highest BCUT2D eigenvalue weighted by Gasteiger charge is 2.37. The average molecular weight is 430 g/mol. The Hall–Kier alpha value is -2.91. The molecule has 31 heavy (non-hydrogen) atoms. The van der Waals surface area contributed by atoms with E-state index in [0.29, 0.717) is 45.2 Å². The minimum atomic E-state index is -1.03. The van der Waals surface area contributed by atoms with Crippen LogP contribution in [0.25, 0.3) is 10.9 Å². The number of nitrogens with two attached hydrogens (primary N) is 2. The fraction of sp³-hybridized carbons (Fsp3) is 0.500. The summed E-state index contributed by atoms with van der Waals surface area (Å²) in [6, 6.07) is 5.35. The summed E-state index contributed by atoms with van der Waals surface area (Å²) in [5.41, 5.74) is 13.8. The summed E-state index contributed by atoms with van der Waals surface area (Å²) in [6.45, 7) is 0.733. The van der Waals surface area contributed by atoms with Crippen molar-refractivity contribution in [2.24, 2.45) is 18.5 Å². The molecule has 0 radical (unpaired) electrons. The van der Waals surface area contributed by atoms with Crippen molar-refractivity contribution < 1.29 is 19.5 Å². The van der Waals surface area contributed by atoms with Gasteiger partial charge in [0.25, 0.3) is 0 Å². The summed E-state index contributed by atoms with van der Waals surface area (Å²) in [4.78, 5) is 38.7. The van der Waals surface area contributed by atoms with Gasteiger partial charge >= 0.3 is 5.97 Å². The number of likely N-dealkylation sites (tertiary alicyclic amines) is 1. The number of carbonyl (C=O) groups is 3. The van der Waals surface area contributed by atoms with Gasteiger partial charge in [-0.3, -0.25) is 9.59 Å². The van der Waals surface area contributed by atoms with Gasteiger partial charge in [-0.15, -0.1) is 0 Å². The summed E-state index contributed by atoms with van der Waals surface area (Å²) in [5.74, 6) is -1.85. The highest BCUT2D eigenvalue weighted by molar-refractivity contribution is 5.92. The molecular formula is C22H31N5O4. The topological polar surface area (TPSA) is 144 Å². The molecule has 1 saturated heterocycles. The number of benzene rings is 1. The molecule has 1 fully saturated rings. The lowest BCUT2D eigenvalue weighted by molar-refractivity contribution is -0.149. The Kier molecular flexibility index (Phi) is 7.29. The first-order chi connectivity index (χ1) is 14.8. The van der Waals surface area contributed by atoms with E-state index in [9.17, 15) is 19.5 Å². The van der Waals surface area contributed by atoms with Crippen molar-refractivity contribution in [1.29, 1.82) is 0 Å². The number of aliphatic carboxylic acids is 1. The molecule has 9 nitrogen and oxygen atoms in total. The van der Waals surface area contributed by atoms with Crippen molar-refractivity contribution in [2.45, 2.75) is 50.2 Å². The zero-order valence-corrected chi connectivity index (χ0v) is 17.8. The van der Waals surface area contributed by atoms with E-state index in [0.717, 1.165) is 16.5 Å². The van der Waals surface area contributed by atoms with Crippen LogP contribution in [0.15, 0.2) is 30.5 Å². The van der Waals surface area contributed by atoms with Crippen molar-refractivity contribution in [3.63, 3.8) is 0 Å². The van der Waals surface area contributed by atoms with E-state index >= 15 is 0 Å². The maximum atomic E-state index is 13.0. The lowest BCUT2D eigenvalue weighted by Crippen LogP contribution is -2.54. The first-order valence-corrected chi connectivity index (χ1v) is 10.7. The van der Waals surface area contributed by atoms with Crippen LogP contribution in [0.5, 0.6) is 0 Å². The van der Waals surface area contributed by atoms with Crippen molar-refractivity contribution in [2.75, 3.05) is 13.1 Å². The highest BCUT2D eigenvalue weighted by Crippen LogP contribution is 2.22. The molecule has 1 aliphatic rings. The predicted octanol–water partition coefficient (Wildman–Crippen LogP) is 0.347. The number of fused-ring (bicyclic) bond motifs is 1. The monoisotopic (exact) mass is 429 g/mol. The number of carboxylic acids is 1. The first-order valence-electron chi connectivity index (χ1n) is 10.7. The van der Waals surface area contributed by atoms with Gasteiger partial charge in [-0.1, -0.05) is 18.2 Å². The second-order valence-electron chi connectivity index (χ2n) is 8.11. The fourth-order valence-corrected chi connectivity index (χ4v) is 4.26. The lowest BCUT2D eigenvalue weighted by atomic mass is 10.0. The van der Waals surface area contributed by atoms with Crippen LogP contribution in [0, 0.1) is 0 Å². The number of hydrogen-bond donors (Lipinski definition) is 4. The summed E-state index contributed by atoms with van der Waals surface area (Å²) in [5, 5.41) is 13.2. The molecule has 3 atom stereocenters. The van der Waals surface area contributed by atoms with Gasteiger partial charge in [-0.2, -0.15) is 0 Å². The zero-order valence-electron chi connectivity index (χ0n) is 17.8. The van der Waals surface area contributed by atoms with E-state index in [2.05, 4.69) is 5.32 Å². The van der Waals surface area contributed by atoms with Crippen molar-refractivity contribution in [3.05, 3.63) is 36.0 Å². The number of aromatic nitrogens is 1. The predicted molar refractivity (Wildman–Crippen MR) is 117 cm³/mol. The van der Waals surface area contributed by atoms with Crippen LogP contribution in [-0.2, 0) is 27.9 Å². The Morgan fingerprint density at radius 2 is 2.03 bits per heavy atom. The fourth-order valence-electron chi connectivity index (χ4n) is 4.26. The first kappa shape index (κ1) is 22.8. The summed E-state index contributed by atoms with van der Waals surface area (Å²) in [6.07, 6.45) is 4.19. The molecule has 1 aromatic carbocycles. The number of carboxylic acid groups (broad SMARTS) is 1. The molecule has 168 valence electrons. The quantitative estimate of drug-likeness (QED) is 0.453. The Morgan fingerprint density at radius 1 is 1.29 bits per heavy atom. The SMILES string of the molecule is Cn1cc(C[C@H](N)C(=O)N[C@@H](CCCN)C(=O)N2CCC[C@H]2C(=O)O)c2ccccc21. The summed E-state index contributed by atoms with van der Waals surface area (Å²) >= 11 is 0. The van der Waals surface area contributed by atoms with Gasteiger partial charge in [0.2, 0.25) is 11.8 Å². The lowest BCUT2D eigenvalue weighted by Gasteiger charge is -2.28. The Labute approximate surface area is 181 Å². The van der Waals surface area contributed by atoms with E-state index in [1.165, 1.54) is 4.90 Å². The molecule has 2 heterocycles. The smallest absolute Gasteiger partial charge is 0.326 e.